The zero-order valence-electron chi connectivity index (χ0n) is 10.5. The number of hydrogen-bond acceptors (Lipinski definition) is 2. The highest BCUT2D eigenvalue weighted by Crippen LogP contribution is 2.17. The van der Waals surface area contributed by atoms with E-state index in [2.05, 4.69) is 0 Å². The van der Waals surface area contributed by atoms with Gasteiger partial charge in [0.25, 0.3) is 0 Å². The summed E-state index contributed by atoms with van der Waals surface area (Å²) < 4.78 is 5.38. The molecule has 16 heavy (non-hydrogen) atoms. The van der Waals surface area contributed by atoms with Crippen molar-refractivity contribution in [3.63, 3.8) is 0 Å². The van der Waals surface area contributed by atoms with E-state index in [1.807, 2.05) is 58.0 Å². The third-order valence-electron chi connectivity index (χ3n) is 2.29. The van der Waals surface area contributed by atoms with Gasteiger partial charge in [0.2, 0.25) is 0 Å². The molecule has 0 saturated carbocycles. The topological polar surface area (TPSA) is 26.3 Å². The van der Waals surface area contributed by atoms with Crippen molar-refractivity contribution in [1.82, 2.24) is 0 Å². The lowest BCUT2D eigenvalue weighted by Gasteiger charge is -2.20. The molecule has 0 radical (unpaired) electrons. The van der Waals surface area contributed by atoms with Crippen LogP contribution in [-0.2, 0) is 16.0 Å². The van der Waals surface area contributed by atoms with Gasteiger partial charge in [-0.3, -0.25) is 4.79 Å². The molecule has 0 heterocycles. The molecule has 0 aromatic heterocycles. The molecule has 0 aliphatic carbocycles. The lowest BCUT2D eigenvalue weighted by atomic mass is 9.97. The van der Waals surface area contributed by atoms with Gasteiger partial charge in [0.05, 0.1) is 5.41 Å². The maximum atomic E-state index is 11.6. The lowest BCUT2D eigenvalue weighted by Crippen LogP contribution is -2.27. The average Bonchev–Trinajstić information content (AvgIpc) is 2.17. The Balaban J connectivity index is 2.49. The lowest BCUT2D eigenvalue weighted by molar-refractivity contribution is -0.157. The number of carbonyl (C=O) groups is 1. The molecule has 0 aliphatic rings. The molecular weight excluding hydrogens is 200 g/mol. The minimum atomic E-state index is -0.426. The van der Waals surface area contributed by atoms with Crippen LogP contribution in [0.2, 0.25) is 0 Å². The summed E-state index contributed by atoms with van der Waals surface area (Å²) in [4.78, 5) is 11.6. The third kappa shape index (κ3) is 4.05. The van der Waals surface area contributed by atoms with E-state index in [0.717, 1.165) is 6.42 Å². The monoisotopic (exact) mass is 220 g/mol. The van der Waals surface area contributed by atoms with E-state index in [4.69, 9.17) is 4.74 Å². The van der Waals surface area contributed by atoms with Crippen molar-refractivity contribution in [2.45, 2.75) is 40.2 Å². The van der Waals surface area contributed by atoms with E-state index in [9.17, 15) is 4.79 Å². The maximum Gasteiger partial charge on any atom is 0.311 e. The van der Waals surface area contributed by atoms with Gasteiger partial charge in [-0.25, -0.2) is 0 Å². The summed E-state index contributed by atoms with van der Waals surface area (Å²) in [6, 6.07) is 10.1. The van der Waals surface area contributed by atoms with Crippen LogP contribution in [0, 0.1) is 5.41 Å². The van der Waals surface area contributed by atoms with Gasteiger partial charge in [-0.1, -0.05) is 30.3 Å². The SMILES string of the molecule is CC(Cc1ccccc1)OC(=O)C(C)(C)C. The van der Waals surface area contributed by atoms with Gasteiger partial charge in [0.1, 0.15) is 6.10 Å². The fourth-order valence-corrected chi connectivity index (χ4v) is 1.35. The van der Waals surface area contributed by atoms with Crippen LogP contribution in [0.5, 0.6) is 0 Å². The largest absolute Gasteiger partial charge is 0.462 e. The minimum absolute atomic E-state index is 0.0749. The molecule has 1 atom stereocenters. The molecule has 1 aromatic rings. The van der Waals surface area contributed by atoms with E-state index in [1.165, 1.54) is 5.56 Å². The second-order valence-corrected chi connectivity index (χ2v) is 5.16. The zero-order chi connectivity index (χ0) is 12.2. The number of esters is 1. The number of hydrogen-bond donors (Lipinski definition) is 0. The van der Waals surface area contributed by atoms with Gasteiger partial charge in [-0.15, -0.1) is 0 Å². The molecule has 2 heteroatoms. The van der Waals surface area contributed by atoms with Crippen LogP contribution in [-0.4, -0.2) is 12.1 Å². The van der Waals surface area contributed by atoms with E-state index < -0.39 is 5.41 Å². The fraction of sp³-hybridized carbons (Fsp3) is 0.500. The molecule has 0 fully saturated rings. The Labute approximate surface area is 97.6 Å². The summed E-state index contributed by atoms with van der Waals surface area (Å²) in [6.07, 6.45) is 0.692. The van der Waals surface area contributed by atoms with Crippen LogP contribution in [0.3, 0.4) is 0 Å². The van der Waals surface area contributed by atoms with E-state index in [0.29, 0.717) is 0 Å². The van der Waals surface area contributed by atoms with Crippen molar-refractivity contribution < 1.29 is 9.53 Å². The highest BCUT2D eigenvalue weighted by molar-refractivity contribution is 5.75. The van der Waals surface area contributed by atoms with Crippen LogP contribution < -0.4 is 0 Å². The Morgan fingerprint density at radius 3 is 2.31 bits per heavy atom. The molecule has 1 aromatic carbocycles. The van der Waals surface area contributed by atoms with Crippen LogP contribution in [0.25, 0.3) is 0 Å². The summed E-state index contributed by atoms with van der Waals surface area (Å²) in [7, 11) is 0. The molecule has 0 saturated heterocycles. The number of rotatable bonds is 3. The van der Waals surface area contributed by atoms with Gasteiger partial charge in [0, 0.05) is 6.42 Å². The van der Waals surface area contributed by atoms with Crippen LogP contribution in [0.4, 0.5) is 0 Å². The van der Waals surface area contributed by atoms with E-state index >= 15 is 0 Å². The average molecular weight is 220 g/mol. The van der Waals surface area contributed by atoms with Crippen molar-refractivity contribution >= 4 is 5.97 Å². The molecule has 1 unspecified atom stereocenters. The molecule has 0 bridgehead atoms. The van der Waals surface area contributed by atoms with Crippen molar-refractivity contribution in [2.24, 2.45) is 5.41 Å². The Morgan fingerprint density at radius 1 is 1.25 bits per heavy atom. The smallest absolute Gasteiger partial charge is 0.311 e. The molecule has 88 valence electrons. The zero-order valence-corrected chi connectivity index (χ0v) is 10.5. The van der Waals surface area contributed by atoms with Gasteiger partial charge >= 0.3 is 5.97 Å². The van der Waals surface area contributed by atoms with E-state index in [-0.39, 0.29) is 12.1 Å². The van der Waals surface area contributed by atoms with Crippen LogP contribution >= 0.6 is 0 Å². The molecule has 1 rings (SSSR count). The fourth-order valence-electron chi connectivity index (χ4n) is 1.35. The first-order valence-corrected chi connectivity index (χ1v) is 5.64. The number of carbonyl (C=O) groups excluding carboxylic acids is 1. The molecule has 0 N–H and O–H groups in total. The van der Waals surface area contributed by atoms with Crippen LogP contribution in [0.15, 0.2) is 30.3 Å². The first kappa shape index (κ1) is 12.8. The van der Waals surface area contributed by atoms with Gasteiger partial charge in [-0.2, -0.15) is 0 Å². The van der Waals surface area contributed by atoms with Crippen molar-refractivity contribution in [3.8, 4) is 0 Å². The van der Waals surface area contributed by atoms with Crippen LogP contribution in [0.1, 0.15) is 33.3 Å². The van der Waals surface area contributed by atoms with Crippen molar-refractivity contribution in [3.05, 3.63) is 35.9 Å². The summed E-state index contributed by atoms with van der Waals surface area (Å²) in [5.41, 5.74) is 0.766. The molecule has 0 amide bonds. The Kier molecular flexibility index (Phi) is 4.11. The molecule has 0 spiro atoms. The predicted octanol–water partition coefficient (Wildman–Crippen LogP) is 3.21. The Morgan fingerprint density at radius 2 is 1.81 bits per heavy atom. The van der Waals surface area contributed by atoms with E-state index in [1.54, 1.807) is 0 Å². The number of benzene rings is 1. The Bertz CT molecular complexity index is 336. The van der Waals surface area contributed by atoms with Crippen molar-refractivity contribution in [2.75, 3.05) is 0 Å². The van der Waals surface area contributed by atoms with Gasteiger partial charge < -0.3 is 4.74 Å². The second-order valence-electron chi connectivity index (χ2n) is 5.16. The summed E-state index contributed by atoms with van der Waals surface area (Å²) in [5, 5.41) is 0. The molecule has 2 nitrogen and oxygen atoms in total. The summed E-state index contributed by atoms with van der Waals surface area (Å²) in [5.74, 6) is -0.143. The van der Waals surface area contributed by atoms with Gasteiger partial charge in [0.15, 0.2) is 0 Å². The minimum Gasteiger partial charge on any atom is -0.462 e. The molecular formula is C14H20O2. The Hall–Kier alpha value is -1.31. The normalized spacial score (nSPS) is 13.2. The van der Waals surface area contributed by atoms with Gasteiger partial charge in [-0.05, 0) is 33.3 Å². The number of ether oxygens (including phenoxy) is 1. The molecule has 0 aliphatic heterocycles. The first-order valence-electron chi connectivity index (χ1n) is 5.64. The predicted molar refractivity (Wildman–Crippen MR) is 65.2 cm³/mol. The first-order chi connectivity index (χ1) is 7.39. The summed E-state index contributed by atoms with van der Waals surface area (Å²) in [6.45, 7) is 7.52. The highest BCUT2D eigenvalue weighted by atomic mass is 16.5. The summed E-state index contributed by atoms with van der Waals surface area (Å²) >= 11 is 0. The third-order valence-corrected chi connectivity index (χ3v) is 2.29. The quantitative estimate of drug-likeness (QED) is 0.731. The second kappa shape index (κ2) is 5.15. The maximum absolute atomic E-state index is 11.6. The highest BCUT2D eigenvalue weighted by Gasteiger charge is 2.24. The standard InChI is InChI=1S/C14H20O2/c1-11(16-13(15)14(2,3)4)10-12-8-6-5-7-9-12/h5-9,11H,10H2,1-4H3. The van der Waals surface area contributed by atoms with Crippen molar-refractivity contribution in [1.29, 1.82) is 0 Å².